The highest BCUT2D eigenvalue weighted by molar-refractivity contribution is 5.94. The number of hydrogen-bond acceptors (Lipinski definition) is 3. The molecule has 1 aromatic rings. The van der Waals surface area contributed by atoms with Crippen LogP contribution in [0.5, 0.6) is 0 Å². The third-order valence-corrected chi connectivity index (χ3v) is 1.99. The van der Waals surface area contributed by atoms with Gasteiger partial charge in [-0.1, -0.05) is 17.7 Å². The van der Waals surface area contributed by atoms with Gasteiger partial charge in [0.05, 0.1) is 6.54 Å². The van der Waals surface area contributed by atoms with E-state index in [4.69, 9.17) is 0 Å². The summed E-state index contributed by atoms with van der Waals surface area (Å²) in [6.07, 6.45) is 0. The Labute approximate surface area is 77.9 Å². The normalized spacial score (nSPS) is 15.0. The largest absolute Gasteiger partial charge is 0.354 e. The molecule has 0 aromatic heterocycles. The maximum absolute atomic E-state index is 4.25. The Hall–Kier alpha value is -1.51. The number of anilines is 1. The quantitative estimate of drug-likeness (QED) is 0.676. The fourth-order valence-corrected chi connectivity index (χ4v) is 1.26. The van der Waals surface area contributed by atoms with Crippen molar-refractivity contribution in [1.82, 2.24) is 5.32 Å². The van der Waals surface area contributed by atoms with Gasteiger partial charge in [0.1, 0.15) is 0 Å². The van der Waals surface area contributed by atoms with Crippen LogP contribution in [-0.2, 0) is 0 Å². The van der Waals surface area contributed by atoms with E-state index in [1.165, 1.54) is 5.56 Å². The number of benzene rings is 1. The average Bonchev–Trinajstić information content (AvgIpc) is 2.62. The SMILES string of the molecule is Cc1ccc(NC2=NCCN2)cc1. The van der Waals surface area contributed by atoms with E-state index in [1.54, 1.807) is 0 Å². The molecule has 1 aliphatic rings. The zero-order valence-electron chi connectivity index (χ0n) is 7.67. The molecular weight excluding hydrogens is 162 g/mol. The van der Waals surface area contributed by atoms with E-state index >= 15 is 0 Å². The van der Waals surface area contributed by atoms with Crippen molar-refractivity contribution in [3.63, 3.8) is 0 Å². The molecule has 3 nitrogen and oxygen atoms in total. The minimum absolute atomic E-state index is 0.869. The van der Waals surface area contributed by atoms with Crippen molar-refractivity contribution in [3.05, 3.63) is 29.8 Å². The van der Waals surface area contributed by atoms with Gasteiger partial charge in [0, 0.05) is 12.2 Å². The van der Waals surface area contributed by atoms with Crippen LogP contribution in [0.1, 0.15) is 5.56 Å². The molecule has 3 heteroatoms. The fourth-order valence-electron chi connectivity index (χ4n) is 1.26. The number of aryl methyl sites for hydroxylation is 1. The summed E-state index contributed by atoms with van der Waals surface area (Å²) in [4.78, 5) is 4.25. The summed E-state index contributed by atoms with van der Waals surface area (Å²) in [6.45, 7) is 3.89. The first-order valence-corrected chi connectivity index (χ1v) is 4.46. The molecule has 0 unspecified atom stereocenters. The number of aliphatic imine (C=N–C) groups is 1. The monoisotopic (exact) mass is 175 g/mol. The molecular formula is C10H13N3. The van der Waals surface area contributed by atoms with Gasteiger partial charge in [0.2, 0.25) is 0 Å². The fraction of sp³-hybridized carbons (Fsp3) is 0.300. The van der Waals surface area contributed by atoms with Gasteiger partial charge in [-0.05, 0) is 19.1 Å². The van der Waals surface area contributed by atoms with Crippen molar-refractivity contribution in [3.8, 4) is 0 Å². The Bertz CT molecular complexity index is 313. The molecule has 1 aliphatic heterocycles. The summed E-state index contributed by atoms with van der Waals surface area (Å²) in [5.74, 6) is 0.879. The van der Waals surface area contributed by atoms with E-state index in [9.17, 15) is 0 Å². The lowest BCUT2D eigenvalue weighted by Crippen LogP contribution is -2.26. The first-order valence-electron chi connectivity index (χ1n) is 4.46. The number of guanidine groups is 1. The van der Waals surface area contributed by atoms with Crippen LogP contribution in [0.25, 0.3) is 0 Å². The Morgan fingerprint density at radius 2 is 2.08 bits per heavy atom. The molecule has 0 spiro atoms. The second-order valence-electron chi connectivity index (χ2n) is 3.15. The standard InChI is InChI=1S/C10H13N3/c1-8-2-4-9(5-3-8)13-10-11-6-7-12-10/h2-5H,6-7H2,1H3,(H2,11,12,13). The van der Waals surface area contributed by atoms with Crippen LogP contribution < -0.4 is 10.6 Å². The predicted molar refractivity (Wildman–Crippen MR) is 55.1 cm³/mol. The van der Waals surface area contributed by atoms with Crippen LogP contribution in [0, 0.1) is 6.92 Å². The third kappa shape index (κ3) is 1.99. The molecule has 13 heavy (non-hydrogen) atoms. The van der Waals surface area contributed by atoms with Gasteiger partial charge in [-0.2, -0.15) is 0 Å². The van der Waals surface area contributed by atoms with Crippen LogP contribution in [0.3, 0.4) is 0 Å². The minimum atomic E-state index is 0.869. The smallest absolute Gasteiger partial charge is 0.195 e. The second-order valence-corrected chi connectivity index (χ2v) is 3.15. The highest BCUT2D eigenvalue weighted by Gasteiger charge is 2.03. The number of nitrogens with zero attached hydrogens (tertiary/aromatic N) is 1. The molecule has 0 bridgehead atoms. The summed E-state index contributed by atoms with van der Waals surface area (Å²) < 4.78 is 0. The van der Waals surface area contributed by atoms with Crippen LogP contribution in [-0.4, -0.2) is 19.0 Å². The molecule has 0 amide bonds. The van der Waals surface area contributed by atoms with E-state index < -0.39 is 0 Å². The number of rotatable bonds is 1. The summed E-state index contributed by atoms with van der Waals surface area (Å²) in [5.41, 5.74) is 2.35. The van der Waals surface area contributed by atoms with Gasteiger partial charge < -0.3 is 10.6 Å². The lowest BCUT2D eigenvalue weighted by atomic mass is 10.2. The van der Waals surface area contributed by atoms with Crippen molar-refractivity contribution in [2.75, 3.05) is 18.4 Å². The van der Waals surface area contributed by atoms with E-state index in [0.29, 0.717) is 0 Å². The molecule has 0 saturated carbocycles. The molecule has 0 fully saturated rings. The molecule has 0 saturated heterocycles. The zero-order chi connectivity index (χ0) is 9.10. The van der Waals surface area contributed by atoms with E-state index in [0.717, 1.165) is 24.7 Å². The Balaban J connectivity index is 2.05. The van der Waals surface area contributed by atoms with Crippen LogP contribution in [0.4, 0.5) is 5.69 Å². The van der Waals surface area contributed by atoms with E-state index in [-0.39, 0.29) is 0 Å². The van der Waals surface area contributed by atoms with E-state index in [2.05, 4.69) is 46.8 Å². The summed E-state index contributed by atoms with van der Waals surface area (Å²) in [5, 5.41) is 6.37. The van der Waals surface area contributed by atoms with Gasteiger partial charge in [0.15, 0.2) is 5.96 Å². The highest BCUT2D eigenvalue weighted by Crippen LogP contribution is 2.08. The van der Waals surface area contributed by atoms with Gasteiger partial charge in [-0.3, -0.25) is 4.99 Å². The summed E-state index contributed by atoms with van der Waals surface area (Å²) in [7, 11) is 0. The van der Waals surface area contributed by atoms with Crippen molar-refractivity contribution >= 4 is 11.6 Å². The number of hydrogen-bond donors (Lipinski definition) is 2. The first-order chi connectivity index (χ1) is 6.34. The molecule has 0 atom stereocenters. The lowest BCUT2D eigenvalue weighted by Gasteiger charge is -2.05. The second kappa shape index (κ2) is 3.47. The average molecular weight is 175 g/mol. The van der Waals surface area contributed by atoms with Gasteiger partial charge in [-0.15, -0.1) is 0 Å². The Morgan fingerprint density at radius 1 is 1.31 bits per heavy atom. The lowest BCUT2D eigenvalue weighted by molar-refractivity contribution is 0.959. The van der Waals surface area contributed by atoms with Crippen molar-refractivity contribution in [1.29, 1.82) is 0 Å². The van der Waals surface area contributed by atoms with Crippen LogP contribution in [0.2, 0.25) is 0 Å². The topological polar surface area (TPSA) is 36.4 Å². The Morgan fingerprint density at radius 3 is 2.69 bits per heavy atom. The number of nitrogens with one attached hydrogen (secondary N) is 2. The van der Waals surface area contributed by atoms with Crippen molar-refractivity contribution in [2.24, 2.45) is 4.99 Å². The van der Waals surface area contributed by atoms with Gasteiger partial charge in [-0.25, -0.2) is 0 Å². The highest BCUT2D eigenvalue weighted by atomic mass is 15.2. The molecule has 0 radical (unpaired) electrons. The zero-order valence-corrected chi connectivity index (χ0v) is 7.67. The molecule has 1 heterocycles. The van der Waals surface area contributed by atoms with Crippen LogP contribution >= 0.6 is 0 Å². The van der Waals surface area contributed by atoms with Crippen molar-refractivity contribution < 1.29 is 0 Å². The molecule has 0 aliphatic carbocycles. The predicted octanol–water partition coefficient (Wildman–Crippen LogP) is 1.37. The molecule has 1 aromatic carbocycles. The first kappa shape index (κ1) is 8.10. The maximum Gasteiger partial charge on any atom is 0.195 e. The maximum atomic E-state index is 4.25. The molecule has 2 rings (SSSR count). The summed E-state index contributed by atoms with van der Waals surface area (Å²) in [6, 6.07) is 8.27. The van der Waals surface area contributed by atoms with Crippen LogP contribution in [0.15, 0.2) is 29.3 Å². The third-order valence-electron chi connectivity index (χ3n) is 1.99. The molecule has 2 N–H and O–H groups in total. The summed E-state index contributed by atoms with van der Waals surface area (Å²) >= 11 is 0. The minimum Gasteiger partial charge on any atom is -0.354 e. The van der Waals surface area contributed by atoms with E-state index in [1.807, 2.05) is 0 Å². The van der Waals surface area contributed by atoms with Gasteiger partial charge in [0.25, 0.3) is 0 Å². The van der Waals surface area contributed by atoms with Gasteiger partial charge >= 0.3 is 0 Å². The van der Waals surface area contributed by atoms with Crippen molar-refractivity contribution in [2.45, 2.75) is 6.92 Å². The Kier molecular flexibility index (Phi) is 2.17. The molecule has 68 valence electrons.